The molecule has 0 aliphatic rings. The van der Waals surface area contributed by atoms with E-state index < -0.39 is 0 Å². The van der Waals surface area contributed by atoms with E-state index in [1.807, 2.05) is 14.0 Å². The summed E-state index contributed by atoms with van der Waals surface area (Å²) in [6.07, 6.45) is 0.418. The summed E-state index contributed by atoms with van der Waals surface area (Å²) in [6.45, 7) is 4.60. The first-order chi connectivity index (χ1) is 7.00. The Kier molecular flexibility index (Phi) is 6.64. The van der Waals surface area contributed by atoms with Crippen molar-refractivity contribution in [3.63, 3.8) is 0 Å². The van der Waals surface area contributed by atoms with Gasteiger partial charge >= 0.3 is 0 Å². The van der Waals surface area contributed by atoms with E-state index in [0.29, 0.717) is 13.0 Å². The second kappa shape index (κ2) is 6.89. The molecule has 0 aromatic carbocycles. The highest BCUT2D eigenvalue weighted by Crippen LogP contribution is 2.17. The lowest BCUT2D eigenvalue weighted by molar-refractivity contribution is -0.130. The van der Waals surface area contributed by atoms with Crippen LogP contribution in [0.1, 0.15) is 23.8 Å². The third-order valence-electron chi connectivity index (χ3n) is 2.27. The molecule has 16 heavy (non-hydrogen) atoms. The Hall–Kier alpha value is -0.580. The van der Waals surface area contributed by atoms with Gasteiger partial charge in [0.05, 0.1) is 6.54 Å². The number of hydrogen-bond donors (Lipinski definition) is 1. The second-order valence-corrected chi connectivity index (χ2v) is 4.96. The molecule has 3 nitrogen and oxygen atoms in total. The Bertz CT molecular complexity index is 338. The van der Waals surface area contributed by atoms with Gasteiger partial charge in [-0.15, -0.1) is 23.7 Å². The monoisotopic (exact) mass is 262 g/mol. The van der Waals surface area contributed by atoms with Gasteiger partial charge in [-0.1, -0.05) is 0 Å². The molecule has 0 spiro atoms. The average molecular weight is 263 g/mol. The van der Waals surface area contributed by atoms with Crippen LogP contribution < -0.4 is 5.73 Å². The van der Waals surface area contributed by atoms with Gasteiger partial charge in [-0.3, -0.25) is 4.79 Å². The van der Waals surface area contributed by atoms with E-state index in [1.54, 1.807) is 16.2 Å². The number of aryl methyl sites for hydroxylation is 1. The smallest absolute Gasteiger partial charge is 0.224 e. The van der Waals surface area contributed by atoms with Gasteiger partial charge in [0.15, 0.2) is 0 Å². The van der Waals surface area contributed by atoms with Crippen LogP contribution in [0.2, 0.25) is 0 Å². The van der Waals surface area contributed by atoms with Gasteiger partial charge in [0.2, 0.25) is 5.91 Å². The number of carbonyl (C=O) groups is 1. The third kappa shape index (κ3) is 4.51. The molecule has 1 heterocycles. The maximum Gasteiger partial charge on any atom is 0.224 e. The average Bonchev–Trinajstić information content (AvgIpc) is 2.50. The molecule has 1 atom stereocenters. The Morgan fingerprint density at radius 1 is 1.62 bits per heavy atom. The van der Waals surface area contributed by atoms with Crippen molar-refractivity contribution in [1.82, 2.24) is 4.90 Å². The summed E-state index contributed by atoms with van der Waals surface area (Å²) >= 11 is 1.69. The van der Waals surface area contributed by atoms with Gasteiger partial charge in [-0.25, -0.2) is 0 Å². The lowest BCUT2D eigenvalue weighted by Gasteiger charge is -2.17. The maximum absolute atomic E-state index is 11.6. The van der Waals surface area contributed by atoms with E-state index in [4.69, 9.17) is 5.73 Å². The van der Waals surface area contributed by atoms with Crippen LogP contribution in [-0.2, 0) is 11.3 Å². The standard InChI is InChI=1S/C11H18N2OS.ClH/c1-8-4-5-15-10(8)7-13(3)11(14)6-9(2)12;/h4-5,9H,6-7,12H2,1-3H3;1H. The van der Waals surface area contributed by atoms with Crippen LogP contribution in [0.25, 0.3) is 0 Å². The van der Waals surface area contributed by atoms with Crippen molar-refractivity contribution >= 4 is 29.7 Å². The fourth-order valence-corrected chi connectivity index (χ4v) is 2.26. The zero-order chi connectivity index (χ0) is 11.4. The van der Waals surface area contributed by atoms with Crippen LogP contribution in [0.3, 0.4) is 0 Å². The van der Waals surface area contributed by atoms with E-state index >= 15 is 0 Å². The van der Waals surface area contributed by atoms with Gasteiger partial charge in [0.25, 0.3) is 0 Å². The summed E-state index contributed by atoms with van der Waals surface area (Å²) in [5.41, 5.74) is 6.84. The van der Waals surface area contributed by atoms with Crippen LogP contribution in [0, 0.1) is 6.92 Å². The molecule has 1 aromatic heterocycles. The van der Waals surface area contributed by atoms with Gasteiger partial charge in [-0.2, -0.15) is 0 Å². The molecule has 5 heteroatoms. The van der Waals surface area contributed by atoms with Crippen molar-refractivity contribution in [2.75, 3.05) is 7.05 Å². The number of rotatable bonds is 4. The van der Waals surface area contributed by atoms with E-state index in [2.05, 4.69) is 18.4 Å². The molecule has 0 aliphatic carbocycles. The van der Waals surface area contributed by atoms with Crippen molar-refractivity contribution < 1.29 is 4.79 Å². The first kappa shape index (κ1) is 15.4. The summed E-state index contributed by atoms with van der Waals surface area (Å²) in [7, 11) is 1.82. The molecule has 1 aromatic rings. The molecular weight excluding hydrogens is 244 g/mol. The Labute approximate surface area is 107 Å². The van der Waals surface area contributed by atoms with Crippen LogP contribution in [-0.4, -0.2) is 23.9 Å². The lowest BCUT2D eigenvalue weighted by Crippen LogP contribution is -2.31. The normalized spacial score (nSPS) is 11.8. The largest absolute Gasteiger partial charge is 0.341 e. The predicted octanol–water partition coefficient (Wildman–Crippen LogP) is 2.17. The van der Waals surface area contributed by atoms with Gasteiger partial charge in [0, 0.05) is 24.4 Å². The van der Waals surface area contributed by atoms with Crippen molar-refractivity contribution in [2.24, 2.45) is 5.73 Å². The number of carbonyl (C=O) groups excluding carboxylic acids is 1. The van der Waals surface area contributed by atoms with E-state index in [9.17, 15) is 4.79 Å². The number of amides is 1. The second-order valence-electron chi connectivity index (χ2n) is 3.96. The highest BCUT2D eigenvalue weighted by molar-refractivity contribution is 7.10. The first-order valence-electron chi connectivity index (χ1n) is 5.03. The molecule has 0 fully saturated rings. The molecule has 1 rings (SSSR count). The van der Waals surface area contributed by atoms with Crippen molar-refractivity contribution in [3.05, 3.63) is 21.9 Å². The molecule has 92 valence electrons. The minimum atomic E-state index is -0.0654. The van der Waals surface area contributed by atoms with Crippen LogP contribution >= 0.6 is 23.7 Å². The van der Waals surface area contributed by atoms with Crippen molar-refractivity contribution in [2.45, 2.75) is 32.9 Å². The maximum atomic E-state index is 11.6. The minimum absolute atomic E-state index is 0. The Morgan fingerprint density at radius 2 is 2.25 bits per heavy atom. The first-order valence-corrected chi connectivity index (χ1v) is 5.91. The Balaban J connectivity index is 0.00000225. The third-order valence-corrected chi connectivity index (χ3v) is 3.28. The molecule has 0 radical (unpaired) electrons. The van der Waals surface area contributed by atoms with Crippen LogP contribution in [0.15, 0.2) is 11.4 Å². The quantitative estimate of drug-likeness (QED) is 0.904. The molecule has 0 aliphatic heterocycles. The lowest BCUT2D eigenvalue weighted by atomic mass is 10.2. The fraction of sp³-hybridized carbons (Fsp3) is 0.545. The number of thiophene rings is 1. The zero-order valence-corrected chi connectivity index (χ0v) is 11.5. The van der Waals surface area contributed by atoms with E-state index in [1.165, 1.54) is 10.4 Å². The molecule has 0 bridgehead atoms. The number of nitrogens with zero attached hydrogens (tertiary/aromatic N) is 1. The summed E-state index contributed by atoms with van der Waals surface area (Å²) in [6, 6.07) is 2.01. The zero-order valence-electron chi connectivity index (χ0n) is 9.90. The fourth-order valence-electron chi connectivity index (χ4n) is 1.30. The molecule has 1 amide bonds. The number of nitrogens with two attached hydrogens (primary N) is 1. The summed E-state index contributed by atoms with van der Waals surface area (Å²) in [5.74, 6) is 0.109. The molecule has 1 unspecified atom stereocenters. The highest BCUT2D eigenvalue weighted by atomic mass is 35.5. The van der Waals surface area contributed by atoms with Crippen molar-refractivity contribution in [1.29, 1.82) is 0 Å². The van der Waals surface area contributed by atoms with Gasteiger partial charge < -0.3 is 10.6 Å². The van der Waals surface area contributed by atoms with Crippen molar-refractivity contribution in [3.8, 4) is 0 Å². The van der Waals surface area contributed by atoms with Gasteiger partial charge in [-0.05, 0) is 30.9 Å². The minimum Gasteiger partial charge on any atom is -0.341 e. The van der Waals surface area contributed by atoms with Gasteiger partial charge in [0.1, 0.15) is 0 Å². The molecule has 0 saturated heterocycles. The molecular formula is C11H19ClN2OS. The SMILES string of the molecule is Cc1ccsc1CN(C)C(=O)CC(C)N.Cl. The number of halogens is 1. The summed E-state index contributed by atoms with van der Waals surface area (Å²) < 4.78 is 0. The van der Waals surface area contributed by atoms with E-state index in [0.717, 1.165) is 0 Å². The predicted molar refractivity (Wildman–Crippen MR) is 71.0 cm³/mol. The Morgan fingerprint density at radius 3 is 2.69 bits per heavy atom. The summed E-state index contributed by atoms with van der Waals surface area (Å²) in [5, 5.41) is 2.05. The van der Waals surface area contributed by atoms with Crippen LogP contribution in [0.5, 0.6) is 0 Å². The molecule has 0 saturated carbocycles. The molecule has 2 N–H and O–H groups in total. The summed E-state index contributed by atoms with van der Waals surface area (Å²) in [4.78, 5) is 14.6. The highest BCUT2D eigenvalue weighted by Gasteiger charge is 2.12. The number of hydrogen-bond acceptors (Lipinski definition) is 3. The topological polar surface area (TPSA) is 46.3 Å². The van der Waals surface area contributed by atoms with Crippen LogP contribution in [0.4, 0.5) is 0 Å². The van der Waals surface area contributed by atoms with E-state index in [-0.39, 0.29) is 24.4 Å².